The molecule has 7 amide bonds. The Kier molecular flexibility index (Phi) is 10.2. The summed E-state index contributed by atoms with van der Waals surface area (Å²) >= 11 is 0. The van der Waals surface area contributed by atoms with Crippen LogP contribution in [0.2, 0.25) is 0 Å². The number of fused-ring (bicyclic) bond motifs is 1. The van der Waals surface area contributed by atoms with Crippen LogP contribution in [-0.2, 0) is 32.4 Å². The van der Waals surface area contributed by atoms with Gasteiger partial charge in [0.25, 0.3) is 17.7 Å². The first-order valence-corrected chi connectivity index (χ1v) is 21.4. The summed E-state index contributed by atoms with van der Waals surface area (Å²) < 4.78 is 23.8. The van der Waals surface area contributed by atoms with E-state index in [1.807, 2.05) is 15.9 Å². The van der Waals surface area contributed by atoms with E-state index in [-0.39, 0.29) is 58.5 Å². The van der Waals surface area contributed by atoms with Gasteiger partial charge in [0.1, 0.15) is 17.6 Å². The zero-order chi connectivity index (χ0) is 40.9. The predicted molar refractivity (Wildman–Crippen MR) is 208 cm³/mol. The number of sulfone groups is 1. The average Bonchev–Trinajstić information content (AvgIpc) is 3.42. The van der Waals surface area contributed by atoms with Crippen molar-refractivity contribution < 1.29 is 37.2 Å². The van der Waals surface area contributed by atoms with Gasteiger partial charge in [-0.3, -0.25) is 39.1 Å². The lowest BCUT2D eigenvalue weighted by Crippen LogP contribution is -2.61. The van der Waals surface area contributed by atoms with Gasteiger partial charge in [0.05, 0.1) is 27.9 Å². The highest BCUT2D eigenvalue weighted by atomic mass is 32.2. The van der Waals surface area contributed by atoms with Gasteiger partial charge in [-0.2, -0.15) is 0 Å². The topological polar surface area (TPSA) is 225 Å². The molecule has 17 nitrogen and oxygen atoms in total. The van der Waals surface area contributed by atoms with Crippen LogP contribution in [0.15, 0.2) is 53.6 Å². The number of nitrogens with zero attached hydrogens (tertiary/aromatic N) is 6. The quantitative estimate of drug-likeness (QED) is 0.260. The van der Waals surface area contributed by atoms with Crippen LogP contribution in [0, 0.1) is 5.41 Å². The van der Waals surface area contributed by atoms with E-state index in [1.54, 1.807) is 24.3 Å². The average molecular weight is 812 g/mol. The third-order valence-corrected chi connectivity index (χ3v) is 13.1. The molecule has 5 aliphatic heterocycles. The van der Waals surface area contributed by atoms with E-state index >= 15 is 0 Å². The van der Waals surface area contributed by atoms with Crippen molar-refractivity contribution in [1.29, 1.82) is 0 Å². The Balaban J connectivity index is 0.822. The molecule has 2 atom stereocenters. The number of carbonyl (C=O) groups excluding carboxylic acids is 6. The zero-order valence-electron chi connectivity index (χ0n) is 32.1. The highest BCUT2D eigenvalue weighted by Crippen LogP contribution is 2.41. The Hall–Kier alpha value is -5.75. The fraction of sp³-hybridized carbons (Fsp3) is 0.450. The number of aromatic nitrogens is 2. The van der Waals surface area contributed by atoms with Crippen LogP contribution in [-0.4, -0.2) is 126 Å². The van der Waals surface area contributed by atoms with Gasteiger partial charge >= 0.3 is 6.03 Å². The summed E-state index contributed by atoms with van der Waals surface area (Å²) in [5.74, 6) is -2.22. The van der Waals surface area contributed by atoms with E-state index in [1.165, 1.54) is 18.3 Å². The molecule has 6 heterocycles. The van der Waals surface area contributed by atoms with Gasteiger partial charge in [-0.25, -0.2) is 23.2 Å². The number of urea groups is 1. The van der Waals surface area contributed by atoms with Crippen molar-refractivity contribution in [3.63, 3.8) is 0 Å². The molecule has 1 aromatic heterocycles. The highest BCUT2D eigenvalue weighted by Gasteiger charge is 2.47. The molecule has 5 aliphatic rings. The van der Waals surface area contributed by atoms with Crippen molar-refractivity contribution in [3.8, 4) is 0 Å². The van der Waals surface area contributed by atoms with E-state index in [2.05, 4.69) is 20.5 Å². The number of carbonyl (C=O) groups is 6. The normalized spacial score (nSPS) is 22.1. The molecule has 0 saturated carbocycles. The molecule has 8 rings (SSSR count). The second-order valence-corrected chi connectivity index (χ2v) is 18.2. The zero-order valence-corrected chi connectivity index (χ0v) is 32.9. The number of primary amides is 1. The molecule has 0 radical (unpaired) electrons. The maximum Gasteiger partial charge on any atom is 0.317 e. The molecular weight excluding hydrogens is 767 g/mol. The lowest BCUT2D eigenvalue weighted by molar-refractivity contribution is -0.136. The predicted octanol–water partition coefficient (Wildman–Crippen LogP) is 1.25. The Morgan fingerprint density at radius 3 is 2.34 bits per heavy atom. The molecule has 4 N–H and O–H groups in total. The number of piperidine rings is 3. The lowest BCUT2D eigenvalue weighted by atomic mass is 9.72. The molecule has 18 heteroatoms. The van der Waals surface area contributed by atoms with E-state index in [9.17, 15) is 37.2 Å². The van der Waals surface area contributed by atoms with E-state index in [0.717, 1.165) is 61.1 Å². The first-order chi connectivity index (χ1) is 27.7. The molecular formula is C40H45N9O8S. The van der Waals surface area contributed by atoms with Crippen molar-refractivity contribution in [2.24, 2.45) is 11.1 Å². The van der Waals surface area contributed by atoms with Gasteiger partial charge in [0, 0.05) is 71.0 Å². The maximum atomic E-state index is 13.5. The number of amides is 7. The third kappa shape index (κ3) is 7.77. The van der Waals surface area contributed by atoms with Crippen LogP contribution in [0.1, 0.15) is 86.6 Å². The fourth-order valence-electron chi connectivity index (χ4n) is 8.90. The van der Waals surface area contributed by atoms with Crippen molar-refractivity contribution in [2.45, 2.75) is 68.5 Å². The van der Waals surface area contributed by atoms with Crippen molar-refractivity contribution in [1.82, 2.24) is 35.3 Å². The SMILES string of the molecule is CS(=O)(=O)c1ccc(Cc2nc(N3CCCC(NC(=O)N4CCC5(CC4)CN(Cc4ccc6c(c4)C(=O)N(C4CCC(=O)NC4=O)C6=O)C5)C3)cnc2C(N)=O)cc1. The molecule has 2 unspecified atom stereocenters. The fourth-order valence-corrected chi connectivity index (χ4v) is 9.53. The number of nitrogens with two attached hydrogens (primary N) is 1. The standard InChI is InChI=1S/C40H45N9O8S/c1-58(56,57)27-7-4-24(5-8-27)18-30-34(35(41)51)42-19-32(44-30)48-14-2-3-26(21-48)43-39(55)47-15-12-40(13-16-47)22-46(23-40)20-25-6-9-28-29(17-25)38(54)49(37(28)53)31-10-11-33(50)45-36(31)52/h4-9,17,19,26,31H,2-3,10-16,18,20-23H2,1H3,(H2,41,51)(H,43,55)(H,45,50,52). The van der Waals surface area contributed by atoms with E-state index in [0.29, 0.717) is 44.2 Å². The molecule has 2 aromatic carbocycles. The summed E-state index contributed by atoms with van der Waals surface area (Å²) in [5.41, 5.74) is 8.34. The minimum atomic E-state index is -3.36. The number of nitrogens with one attached hydrogen (secondary N) is 2. The van der Waals surface area contributed by atoms with E-state index < -0.39 is 45.4 Å². The number of hydrogen-bond donors (Lipinski definition) is 3. The van der Waals surface area contributed by atoms with Gasteiger partial charge in [0.15, 0.2) is 9.84 Å². The van der Waals surface area contributed by atoms with Crippen LogP contribution in [0.3, 0.4) is 0 Å². The second kappa shape index (κ2) is 15.2. The number of likely N-dealkylation sites (tertiary alicyclic amines) is 2. The van der Waals surface area contributed by atoms with Crippen molar-refractivity contribution in [3.05, 3.63) is 82.3 Å². The molecule has 3 aromatic rings. The van der Waals surface area contributed by atoms with Crippen molar-refractivity contribution in [2.75, 3.05) is 50.4 Å². The molecule has 4 fully saturated rings. The van der Waals surface area contributed by atoms with Crippen LogP contribution >= 0.6 is 0 Å². The summed E-state index contributed by atoms with van der Waals surface area (Å²) in [7, 11) is -3.36. The number of imide groups is 2. The lowest BCUT2D eigenvalue weighted by Gasteiger charge is -2.54. The first-order valence-electron chi connectivity index (χ1n) is 19.5. The molecule has 1 spiro atoms. The van der Waals surface area contributed by atoms with Gasteiger partial charge in [-0.15, -0.1) is 0 Å². The number of benzene rings is 2. The largest absolute Gasteiger partial charge is 0.364 e. The molecule has 4 saturated heterocycles. The first kappa shape index (κ1) is 39.1. The smallest absolute Gasteiger partial charge is 0.317 e. The van der Waals surface area contributed by atoms with Crippen LogP contribution < -0.4 is 21.3 Å². The van der Waals surface area contributed by atoms with Crippen LogP contribution in [0.25, 0.3) is 0 Å². The molecule has 58 heavy (non-hydrogen) atoms. The molecule has 0 aliphatic carbocycles. The van der Waals surface area contributed by atoms with Crippen molar-refractivity contribution >= 4 is 51.2 Å². The summed E-state index contributed by atoms with van der Waals surface area (Å²) in [6.07, 6.45) is 6.44. The summed E-state index contributed by atoms with van der Waals surface area (Å²) in [6, 6.07) is 10.4. The van der Waals surface area contributed by atoms with Gasteiger partial charge in [-0.05, 0) is 72.9 Å². The Morgan fingerprint density at radius 2 is 1.66 bits per heavy atom. The van der Waals surface area contributed by atoms with Gasteiger partial charge in [-0.1, -0.05) is 18.2 Å². The summed E-state index contributed by atoms with van der Waals surface area (Å²) in [5, 5.41) is 5.44. The van der Waals surface area contributed by atoms with Gasteiger partial charge in [0.2, 0.25) is 11.8 Å². The summed E-state index contributed by atoms with van der Waals surface area (Å²) in [4.78, 5) is 92.5. The van der Waals surface area contributed by atoms with Gasteiger partial charge < -0.3 is 20.9 Å². The maximum absolute atomic E-state index is 13.5. The highest BCUT2D eigenvalue weighted by molar-refractivity contribution is 7.90. The van der Waals surface area contributed by atoms with Crippen LogP contribution in [0.4, 0.5) is 10.6 Å². The molecule has 0 bridgehead atoms. The third-order valence-electron chi connectivity index (χ3n) is 12.0. The second-order valence-electron chi connectivity index (χ2n) is 16.2. The molecule has 304 valence electrons. The minimum absolute atomic E-state index is 0.0488. The number of rotatable bonds is 9. The number of hydrogen-bond acceptors (Lipinski definition) is 12. The Bertz CT molecular complexity index is 2320. The minimum Gasteiger partial charge on any atom is -0.364 e. The number of anilines is 1. The van der Waals surface area contributed by atoms with Crippen LogP contribution in [0.5, 0.6) is 0 Å². The Labute approximate surface area is 335 Å². The van der Waals surface area contributed by atoms with E-state index in [4.69, 9.17) is 10.7 Å². The Morgan fingerprint density at radius 1 is 0.948 bits per heavy atom. The monoisotopic (exact) mass is 811 g/mol. The summed E-state index contributed by atoms with van der Waals surface area (Å²) in [6.45, 7) is 4.80.